The summed E-state index contributed by atoms with van der Waals surface area (Å²) in [5.41, 5.74) is 3.53. The Labute approximate surface area is 117 Å². The molecule has 2 rings (SSSR count). The molecule has 0 radical (unpaired) electrons. The summed E-state index contributed by atoms with van der Waals surface area (Å²) >= 11 is 0. The third-order valence-corrected chi connectivity index (χ3v) is 4.57. The molecule has 0 N–H and O–H groups in total. The van der Waals surface area contributed by atoms with E-state index in [2.05, 4.69) is 20.8 Å². The van der Waals surface area contributed by atoms with Gasteiger partial charge in [-0.3, -0.25) is 4.79 Å². The van der Waals surface area contributed by atoms with Crippen molar-refractivity contribution in [3.05, 3.63) is 28.8 Å². The Hall–Kier alpha value is -1.31. The molecule has 0 amide bonds. The molecular formula is C17H26O2. The lowest BCUT2D eigenvalue weighted by molar-refractivity contribution is -0.140. The van der Waals surface area contributed by atoms with Crippen molar-refractivity contribution in [2.75, 3.05) is 0 Å². The number of ether oxygens (including phenoxy) is 1. The fraction of sp³-hybridized carbons (Fsp3) is 0.588. The molecule has 1 aliphatic carbocycles. The Balaban J connectivity index is 0.00000200. The molecule has 0 bridgehead atoms. The van der Waals surface area contributed by atoms with Gasteiger partial charge in [0.1, 0.15) is 5.75 Å². The van der Waals surface area contributed by atoms with Gasteiger partial charge in [0, 0.05) is 1.43 Å². The molecule has 1 fully saturated rings. The summed E-state index contributed by atoms with van der Waals surface area (Å²) in [5, 5.41) is 0. The maximum Gasteiger partial charge on any atom is 0.314 e. The first-order valence-electron chi connectivity index (χ1n) is 7.27. The minimum atomic E-state index is -0.0433. The van der Waals surface area contributed by atoms with Crippen molar-refractivity contribution in [1.29, 1.82) is 0 Å². The van der Waals surface area contributed by atoms with E-state index in [0.29, 0.717) is 0 Å². The monoisotopic (exact) mass is 262 g/mol. The Morgan fingerprint density at radius 1 is 1.11 bits per heavy atom. The van der Waals surface area contributed by atoms with Crippen LogP contribution in [0.15, 0.2) is 12.1 Å². The zero-order valence-corrected chi connectivity index (χ0v) is 12.5. The molecule has 19 heavy (non-hydrogen) atoms. The smallest absolute Gasteiger partial charge is 0.314 e. The van der Waals surface area contributed by atoms with Crippen LogP contribution in [0, 0.1) is 32.6 Å². The molecule has 0 aliphatic heterocycles. The van der Waals surface area contributed by atoms with Crippen LogP contribution in [0.1, 0.15) is 50.7 Å². The molecule has 1 aromatic rings. The Morgan fingerprint density at radius 2 is 1.74 bits per heavy atom. The molecule has 106 valence electrons. The van der Waals surface area contributed by atoms with E-state index in [4.69, 9.17) is 4.74 Å². The minimum Gasteiger partial charge on any atom is -0.426 e. The normalized spacial score (nSPS) is 23.2. The Kier molecular flexibility index (Phi) is 4.28. The predicted molar refractivity (Wildman–Crippen MR) is 79.5 cm³/mol. The highest BCUT2D eigenvalue weighted by atomic mass is 16.5. The quantitative estimate of drug-likeness (QED) is 0.575. The van der Waals surface area contributed by atoms with Crippen LogP contribution in [0.4, 0.5) is 0 Å². The second kappa shape index (κ2) is 5.77. The standard InChI is InChI=1S/C17H24O2.H2/c1-11-5-8-15(9-6-11)17(18)19-16-10-7-12(2)13(3)14(16)4;/h7,10-11,15H,5-6,8-9H2,1-4H3;1H. The average molecular weight is 262 g/mol. The van der Waals surface area contributed by atoms with Gasteiger partial charge in [0.05, 0.1) is 5.92 Å². The fourth-order valence-electron chi connectivity index (χ4n) is 2.73. The first-order valence-corrected chi connectivity index (χ1v) is 7.27. The van der Waals surface area contributed by atoms with Gasteiger partial charge in [0.2, 0.25) is 0 Å². The van der Waals surface area contributed by atoms with Crippen molar-refractivity contribution in [3.63, 3.8) is 0 Å². The first-order chi connectivity index (χ1) is 8.99. The summed E-state index contributed by atoms with van der Waals surface area (Å²) in [4.78, 5) is 12.2. The molecule has 1 saturated carbocycles. The van der Waals surface area contributed by atoms with E-state index in [1.54, 1.807) is 0 Å². The predicted octanol–water partition coefficient (Wildman–Crippen LogP) is 4.59. The van der Waals surface area contributed by atoms with E-state index in [-0.39, 0.29) is 13.3 Å². The summed E-state index contributed by atoms with van der Waals surface area (Å²) in [5.74, 6) is 1.54. The van der Waals surface area contributed by atoms with Crippen LogP contribution in [0.25, 0.3) is 0 Å². The maximum atomic E-state index is 12.2. The number of rotatable bonds is 2. The van der Waals surface area contributed by atoms with Crippen LogP contribution in [0.2, 0.25) is 0 Å². The van der Waals surface area contributed by atoms with Crippen LogP contribution < -0.4 is 4.74 Å². The topological polar surface area (TPSA) is 26.3 Å². The van der Waals surface area contributed by atoms with E-state index in [0.717, 1.165) is 42.9 Å². The molecule has 2 nitrogen and oxygen atoms in total. The van der Waals surface area contributed by atoms with E-state index < -0.39 is 0 Å². The van der Waals surface area contributed by atoms with Gasteiger partial charge in [-0.05, 0) is 75.1 Å². The second-order valence-electron chi connectivity index (χ2n) is 6.01. The SMILES string of the molecule is Cc1ccc(OC(=O)C2CCC(C)CC2)c(C)c1C.[HH]. The van der Waals surface area contributed by atoms with Gasteiger partial charge in [0.15, 0.2) is 0 Å². The Bertz CT molecular complexity index is 474. The zero-order chi connectivity index (χ0) is 14.0. The van der Waals surface area contributed by atoms with Gasteiger partial charge < -0.3 is 4.74 Å². The van der Waals surface area contributed by atoms with E-state index in [9.17, 15) is 4.79 Å². The average Bonchev–Trinajstić information content (AvgIpc) is 2.40. The lowest BCUT2D eigenvalue weighted by Crippen LogP contribution is -2.25. The van der Waals surface area contributed by atoms with E-state index in [1.165, 1.54) is 11.1 Å². The molecule has 1 aliphatic rings. The van der Waals surface area contributed by atoms with Crippen molar-refractivity contribution in [2.45, 2.75) is 53.4 Å². The number of hydrogen-bond acceptors (Lipinski definition) is 2. The third-order valence-electron chi connectivity index (χ3n) is 4.57. The van der Waals surface area contributed by atoms with Crippen LogP contribution in [0.5, 0.6) is 5.75 Å². The molecule has 1 aromatic carbocycles. The third kappa shape index (κ3) is 3.17. The number of benzene rings is 1. The lowest BCUT2D eigenvalue weighted by atomic mass is 9.83. The van der Waals surface area contributed by atoms with Crippen LogP contribution >= 0.6 is 0 Å². The van der Waals surface area contributed by atoms with Crippen molar-refractivity contribution in [3.8, 4) is 5.75 Å². The van der Waals surface area contributed by atoms with Crippen molar-refractivity contribution < 1.29 is 11.0 Å². The van der Waals surface area contributed by atoms with E-state index in [1.807, 2.05) is 19.1 Å². The van der Waals surface area contributed by atoms with Crippen molar-refractivity contribution in [1.82, 2.24) is 0 Å². The molecule has 0 unspecified atom stereocenters. The van der Waals surface area contributed by atoms with Crippen LogP contribution in [-0.4, -0.2) is 5.97 Å². The zero-order valence-electron chi connectivity index (χ0n) is 12.5. The summed E-state index contributed by atoms with van der Waals surface area (Å²) in [7, 11) is 0. The van der Waals surface area contributed by atoms with Gasteiger partial charge in [-0.25, -0.2) is 0 Å². The molecule has 2 heteroatoms. The number of aryl methyl sites for hydroxylation is 1. The van der Waals surface area contributed by atoms with Gasteiger partial charge in [-0.1, -0.05) is 13.0 Å². The van der Waals surface area contributed by atoms with Crippen LogP contribution in [-0.2, 0) is 4.79 Å². The number of carbonyl (C=O) groups excluding carboxylic acids is 1. The van der Waals surface area contributed by atoms with Gasteiger partial charge in [-0.2, -0.15) is 0 Å². The molecular weight excluding hydrogens is 236 g/mol. The highest BCUT2D eigenvalue weighted by Gasteiger charge is 2.26. The van der Waals surface area contributed by atoms with E-state index >= 15 is 0 Å². The van der Waals surface area contributed by atoms with Gasteiger partial charge in [-0.15, -0.1) is 0 Å². The molecule has 0 saturated heterocycles. The second-order valence-corrected chi connectivity index (χ2v) is 6.01. The summed E-state index contributed by atoms with van der Waals surface area (Å²) in [6.07, 6.45) is 4.24. The van der Waals surface area contributed by atoms with Crippen LogP contribution in [0.3, 0.4) is 0 Å². The Morgan fingerprint density at radius 3 is 2.37 bits per heavy atom. The lowest BCUT2D eigenvalue weighted by Gasteiger charge is -2.24. The molecule has 0 aromatic heterocycles. The van der Waals surface area contributed by atoms with Gasteiger partial charge in [0.25, 0.3) is 0 Å². The summed E-state index contributed by atoms with van der Waals surface area (Å²) in [6, 6.07) is 3.94. The fourth-order valence-corrected chi connectivity index (χ4v) is 2.73. The molecule has 0 atom stereocenters. The van der Waals surface area contributed by atoms with Gasteiger partial charge >= 0.3 is 5.97 Å². The molecule has 0 spiro atoms. The minimum absolute atomic E-state index is 0. The first kappa shape index (κ1) is 14.1. The number of hydrogen-bond donors (Lipinski definition) is 0. The number of carbonyl (C=O) groups is 1. The van der Waals surface area contributed by atoms with Crippen molar-refractivity contribution >= 4 is 5.97 Å². The molecule has 0 heterocycles. The summed E-state index contributed by atoms with van der Waals surface area (Å²) in [6.45, 7) is 8.43. The highest BCUT2D eigenvalue weighted by Crippen LogP contribution is 2.31. The highest BCUT2D eigenvalue weighted by molar-refractivity contribution is 5.75. The van der Waals surface area contributed by atoms with Crippen molar-refractivity contribution in [2.24, 2.45) is 11.8 Å². The largest absolute Gasteiger partial charge is 0.426 e. The summed E-state index contributed by atoms with van der Waals surface area (Å²) < 4.78 is 5.62. The number of esters is 1. The maximum absolute atomic E-state index is 12.2.